The van der Waals surface area contributed by atoms with Crippen molar-refractivity contribution in [2.75, 3.05) is 32.7 Å². The fourth-order valence-corrected chi connectivity index (χ4v) is 2.61. The number of piperazine rings is 1. The number of rotatable bonds is 3. The molecule has 0 aromatic carbocycles. The fraction of sp³-hybridized carbons (Fsp3) is 0.611. The van der Waals surface area contributed by atoms with Crippen LogP contribution in [0.3, 0.4) is 0 Å². The molecule has 1 atom stereocenters. The minimum Gasteiger partial charge on any atom is -0.391 e. The maximum atomic E-state index is 12.6. The molecule has 1 saturated heterocycles. The number of hydrogen-bond donors (Lipinski definition) is 1. The summed E-state index contributed by atoms with van der Waals surface area (Å²) in [6, 6.07) is 5.32. The Morgan fingerprint density at radius 3 is 2.46 bits per heavy atom. The molecule has 0 aliphatic carbocycles. The first-order valence-corrected chi connectivity index (χ1v) is 8.30. The number of aliphatic hydroxyl groups excluding tert-OH is 1. The SMILES string of the molecule is Cc1nc(C(=O)N2CCN(C[C@H](O)C(C)(C)C)CC2)ccc1C#N. The predicted octanol–water partition coefficient (Wildman–Crippen LogP) is 1.43. The number of amides is 1. The Hall–Kier alpha value is -1.97. The molecule has 2 heterocycles. The molecule has 130 valence electrons. The van der Waals surface area contributed by atoms with E-state index in [0.29, 0.717) is 36.6 Å². The van der Waals surface area contributed by atoms with Gasteiger partial charge >= 0.3 is 0 Å². The van der Waals surface area contributed by atoms with Gasteiger partial charge in [0.05, 0.1) is 17.4 Å². The molecule has 0 radical (unpaired) electrons. The summed E-state index contributed by atoms with van der Waals surface area (Å²) >= 11 is 0. The van der Waals surface area contributed by atoms with Gasteiger partial charge in [-0.25, -0.2) is 4.98 Å². The monoisotopic (exact) mass is 330 g/mol. The van der Waals surface area contributed by atoms with Crippen LogP contribution in [0.4, 0.5) is 0 Å². The Kier molecular flexibility index (Phi) is 5.58. The molecule has 6 nitrogen and oxygen atoms in total. The molecule has 0 unspecified atom stereocenters. The van der Waals surface area contributed by atoms with Crippen LogP contribution in [-0.4, -0.2) is 64.6 Å². The van der Waals surface area contributed by atoms with Gasteiger partial charge < -0.3 is 10.0 Å². The predicted molar refractivity (Wildman–Crippen MR) is 91.5 cm³/mol. The third-order valence-electron chi connectivity index (χ3n) is 4.52. The number of pyridine rings is 1. The zero-order valence-corrected chi connectivity index (χ0v) is 14.9. The molecule has 1 aliphatic rings. The number of carbonyl (C=O) groups is 1. The summed E-state index contributed by atoms with van der Waals surface area (Å²) in [5, 5.41) is 19.2. The normalized spacial score (nSPS) is 17.4. The summed E-state index contributed by atoms with van der Waals surface area (Å²) in [7, 11) is 0. The second-order valence-electron chi connectivity index (χ2n) is 7.42. The molecular formula is C18H26N4O2. The fourth-order valence-electron chi connectivity index (χ4n) is 2.61. The van der Waals surface area contributed by atoms with Crippen molar-refractivity contribution in [2.24, 2.45) is 5.41 Å². The van der Waals surface area contributed by atoms with Crippen LogP contribution in [-0.2, 0) is 0 Å². The standard InChI is InChI=1S/C18H26N4O2/c1-13-14(11-19)5-6-15(20-13)17(24)22-9-7-21(8-10-22)12-16(23)18(2,3)4/h5-6,16,23H,7-10,12H2,1-4H3/t16-/m0/s1. The smallest absolute Gasteiger partial charge is 0.272 e. The molecule has 0 saturated carbocycles. The lowest BCUT2D eigenvalue weighted by molar-refractivity contribution is 0.0136. The third-order valence-corrected chi connectivity index (χ3v) is 4.52. The van der Waals surface area contributed by atoms with Crippen molar-refractivity contribution >= 4 is 5.91 Å². The van der Waals surface area contributed by atoms with Crippen LogP contribution in [0.15, 0.2) is 12.1 Å². The van der Waals surface area contributed by atoms with Crippen LogP contribution in [0.2, 0.25) is 0 Å². The van der Waals surface area contributed by atoms with Crippen molar-refractivity contribution in [3.05, 3.63) is 29.1 Å². The summed E-state index contributed by atoms with van der Waals surface area (Å²) in [6.45, 7) is 11.2. The van der Waals surface area contributed by atoms with E-state index in [1.165, 1.54) is 0 Å². The van der Waals surface area contributed by atoms with E-state index in [-0.39, 0.29) is 17.4 Å². The summed E-state index contributed by atoms with van der Waals surface area (Å²) < 4.78 is 0. The Balaban J connectivity index is 1.93. The van der Waals surface area contributed by atoms with E-state index in [4.69, 9.17) is 5.26 Å². The first kappa shape index (κ1) is 18.4. The molecule has 24 heavy (non-hydrogen) atoms. The number of β-amino-alcohol motifs (C(OH)–C–C–N with tert-alkyl or cyclic N) is 1. The van der Waals surface area contributed by atoms with Crippen LogP contribution in [0.5, 0.6) is 0 Å². The van der Waals surface area contributed by atoms with Gasteiger partial charge in [0, 0.05) is 32.7 Å². The molecule has 1 aromatic heterocycles. The highest BCUT2D eigenvalue weighted by molar-refractivity contribution is 5.92. The molecule has 0 bridgehead atoms. The van der Waals surface area contributed by atoms with Gasteiger partial charge in [0.25, 0.3) is 5.91 Å². The van der Waals surface area contributed by atoms with E-state index < -0.39 is 0 Å². The van der Waals surface area contributed by atoms with Gasteiger partial charge in [-0.3, -0.25) is 9.69 Å². The molecule has 6 heteroatoms. The molecule has 0 spiro atoms. The lowest BCUT2D eigenvalue weighted by atomic mass is 9.89. The molecule has 1 aliphatic heterocycles. The van der Waals surface area contributed by atoms with Crippen LogP contribution >= 0.6 is 0 Å². The maximum absolute atomic E-state index is 12.6. The van der Waals surface area contributed by atoms with Gasteiger partial charge in [0.15, 0.2) is 0 Å². The summed E-state index contributed by atoms with van der Waals surface area (Å²) in [6.07, 6.45) is -0.386. The topological polar surface area (TPSA) is 80.5 Å². The largest absolute Gasteiger partial charge is 0.391 e. The van der Waals surface area contributed by atoms with Gasteiger partial charge in [-0.05, 0) is 24.5 Å². The molecule has 1 fully saturated rings. The number of aliphatic hydroxyl groups is 1. The Morgan fingerprint density at radius 2 is 1.96 bits per heavy atom. The van der Waals surface area contributed by atoms with Gasteiger partial charge in [-0.2, -0.15) is 5.26 Å². The molecule has 1 amide bonds. The van der Waals surface area contributed by atoms with Crippen molar-refractivity contribution in [3.8, 4) is 6.07 Å². The molecule has 1 aromatic rings. The third kappa shape index (κ3) is 4.31. The zero-order valence-electron chi connectivity index (χ0n) is 14.9. The second-order valence-corrected chi connectivity index (χ2v) is 7.42. The number of nitrogens with zero attached hydrogens (tertiary/aromatic N) is 4. The number of aryl methyl sites for hydroxylation is 1. The molecule has 2 rings (SSSR count). The van der Waals surface area contributed by atoms with Crippen LogP contribution in [0.25, 0.3) is 0 Å². The minimum atomic E-state index is -0.386. The van der Waals surface area contributed by atoms with E-state index in [9.17, 15) is 9.90 Å². The summed E-state index contributed by atoms with van der Waals surface area (Å²) in [5.41, 5.74) is 1.31. The average molecular weight is 330 g/mol. The van der Waals surface area contributed by atoms with Crippen molar-refractivity contribution in [2.45, 2.75) is 33.8 Å². The summed E-state index contributed by atoms with van der Waals surface area (Å²) in [4.78, 5) is 20.8. The Morgan fingerprint density at radius 1 is 1.33 bits per heavy atom. The van der Waals surface area contributed by atoms with E-state index in [1.807, 2.05) is 20.8 Å². The van der Waals surface area contributed by atoms with Crippen molar-refractivity contribution < 1.29 is 9.90 Å². The van der Waals surface area contributed by atoms with Crippen molar-refractivity contribution in [1.82, 2.24) is 14.8 Å². The first-order chi connectivity index (χ1) is 11.2. The van der Waals surface area contributed by atoms with Gasteiger partial charge in [0.1, 0.15) is 11.8 Å². The van der Waals surface area contributed by atoms with Gasteiger partial charge in [0.2, 0.25) is 0 Å². The quantitative estimate of drug-likeness (QED) is 0.907. The van der Waals surface area contributed by atoms with Crippen LogP contribution < -0.4 is 0 Å². The Labute approximate surface area is 143 Å². The highest BCUT2D eigenvalue weighted by atomic mass is 16.3. The first-order valence-electron chi connectivity index (χ1n) is 8.30. The van der Waals surface area contributed by atoms with Gasteiger partial charge in [-0.1, -0.05) is 20.8 Å². The number of aromatic nitrogens is 1. The van der Waals surface area contributed by atoms with E-state index in [2.05, 4.69) is 16.0 Å². The number of hydrogen-bond acceptors (Lipinski definition) is 5. The summed E-state index contributed by atoms with van der Waals surface area (Å²) in [5.74, 6) is -0.0985. The number of carbonyl (C=O) groups excluding carboxylic acids is 1. The Bertz CT molecular complexity index is 637. The zero-order chi connectivity index (χ0) is 17.9. The highest BCUT2D eigenvalue weighted by Crippen LogP contribution is 2.20. The van der Waals surface area contributed by atoms with Crippen LogP contribution in [0, 0.1) is 23.7 Å². The van der Waals surface area contributed by atoms with E-state index in [0.717, 1.165) is 13.1 Å². The maximum Gasteiger partial charge on any atom is 0.272 e. The van der Waals surface area contributed by atoms with E-state index in [1.54, 1.807) is 24.0 Å². The molecule has 1 N–H and O–H groups in total. The van der Waals surface area contributed by atoms with Crippen LogP contribution in [0.1, 0.15) is 42.5 Å². The lowest BCUT2D eigenvalue weighted by Crippen LogP contribution is -2.51. The van der Waals surface area contributed by atoms with Crippen molar-refractivity contribution in [1.29, 1.82) is 5.26 Å². The van der Waals surface area contributed by atoms with E-state index >= 15 is 0 Å². The second kappa shape index (κ2) is 7.29. The van der Waals surface area contributed by atoms with Crippen molar-refractivity contribution in [3.63, 3.8) is 0 Å². The number of nitriles is 1. The average Bonchev–Trinajstić information content (AvgIpc) is 2.54. The highest BCUT2D eigenvalue weighted by Gasteiger charge is 2.28. The lowest BCUT2D eigenvalue weighted by Gasteiger charge is -2.37. The van der Waals surface area contributed by atoms with Gasteiger partial charge in [-0.15, -0.1) is 0 Å². The minimum absolute atomic E-state index is 0.0985. The molecular weight excluding hydrogens is 304 g/mol.